The Kier molecular flexibility index (Phi) is 5.08. The molecule has 25 heavy (non-hydrogen) atoms. The summed E-state index contributed by atoms with van der Waals surface area (Å²) in [5.74, 6) is 0.0690. The number of alkyl halides is 3. The van der Waals surface area contributed by atoms with Crippen LogP contribution in [0.3, 0.4) is 0 Å². The van der Waals surface area contributed by atoms with E-state index in [0.717, 1.165) is 38.1 Å². The van der Waals surface area contributed by atoms with Crippen LogP contribution >= 0.6 is 0 Å². The van der Waals surface area contributed by atoms with Gasteiger partial charge in [0.05, 0.1) is 11.3 Å². The summed E-state index contributed by atoms with van der Waals surface area (Å²) in [6.45, 7) is 2.44. The van der Waals surface area contributed by atoms with Crippen molar-refractivity contribution >= 4 is 5.91 Å². The quantitative estimate of drug-likeness (QED) is 0.889. The summed E-state index contributed by atoms with van der Waals surface area (Å²) in [6.07, 6.45) is -0.791. The van der Waals surface area contributed by atoms with Crippen LogP contribution in [-0.4, -0.2) is 35.3 Å². The second-order valence-electron chi connectivity index (χ2n) is 6.12. The maximum Gasteiger partial charge on any atom is 0.416 e. The van der Waals surface area contributed by atoms with Gasteiger partial charge in [-0.15, -0.1) is 0 Å². The number of carbonyl (C=O) groups is 1. The second-order valence-corrected chi connectivity index (χ2v) is 6.12. The number of aromatic nitrogens is 2. The molecular formula is C17H19F3N4O. The summed E-state index contributed by atoms with van der Waals surface area (Å²) in [4.78, 5) is 12.2. The monoisotopic (exact) mass is 352 g/mol. The Morgan fingerprint density at radius 1 is 1.36 bits per heavy atom. The van der Waals surface area contributed by atoms with E-state index in [4.69, 9.17) is 0 Å². The van der Waals surface area contributed by atoms with Gasteiger partial charge in [0.15, 0.2) is 5.69 Å². The van der Waals surface area contributed by atoms with Crippen molar-refractivity contribution < 1.29 is 18.0 Å². The second kappa shape index (κ2) is 7.26. The van der Waals surface area contributed by atoms with Gasteiger partial charge in [-0.3, -0.25) is 4.79 Å². The fourth-order valence-electron chi connectivity index (χ4n) is 2.84. The first kappa shape index (κ1) is 17.5. The smallest absolute Gasteiger partial charge is 0.350 e. The van der Waals surface area contributed by atoms with Gasteiger partial charge >= 0.3 is 6.18 Å². The lowest BCUT2D eigenvalue weighted by atomic mass is 10.00. The molecule has 0 spiro atoms. The first-order valence-electron chi connectivity index (χ1n) is 8.16. The first-order valence-corrected chi connectivity index (χ1v) is 8.16. The molecule has 1 aliphatic rings. The third-order valence-electron chi connectivity index (χ3n) is 4.21. The fourth-order valence-corrected chi connectivity index (χ4v) is 2.84. The van der Waals surface area contributed by atoms with Gasteiger partial charge in [0.1, 0.15) is 0 Å². The van der Waals surface area contributed by atoms with Crippen LogP contribution in [-0.2, 0) is 6.18 Å². The molecular weight excluding hydrogens is 333 g/mol. The summed E-state index contributed by atoms with van der Waals surface area (Å²) in [5.41, 5.74) is -0.317. The number of nitrogens with zero attached hydrogens (tertiary/aromatic N) is 2. The lowest BCUT2D eigenvalue weighted by molar-refractivity contribution is -0.137. The van der Waals surface area contributed by atoms with Gasteiger partial charge in [-0.2, -0.15) is 18.3 Å². The first-order chi connectivity index (χ1) is 11.9. The van der Waals surface area contributed by atoms with Crippen molar-refractivity contribution in [1.29, 1.82) is 0 Å². The van der Waals surface area contributed by atoms with Crippen molar-refractivity contribution in [3.63, 3.8) is 0 Å². The van der Waals surface area contributed by atoms with E-state index < -0.39 is 11.7 Å². The van der Waals surface area contributed by atoms with E-state index >= 15 is 0 Å². The van der Waals surface area contributed by atoms with Crippen molar-refractivity contribution in [3.05, 3.63) is 47.8 Å². The molecule has 1 amide bonds. The lowest BCUT2D eigenvalue weighted by Crippen LogP contribution is -2.38. The minimum Gasteiger partial charge on any atom is -0.350 e. The summed E-state index contributed by atoms with van der Waals surface area (Å²) in [7, 11) is 0. The molecule has 1 aromatic heterocycles. The van der Waals surface area contributed by atoms with E-state index in [1.54, 1.807) is 0 Å². The molecule has 1 fully saturated rings. The van der Waals surface area contributed by atoms with Gasteiger partial charge in [0.25, 0.3) is 5.91 Å². The Bertz CT molecular complexity index is 735. The SMILES string of the molecule is O=C(NCC1CCCNC1)c1ccn(-c2cccc(C(F)(F)F)c2)n1. The molecule has 0 bridgehead atoms. The van der Waals surface area contributed by atoms with Crippen molar-refractivity contribution in [2.45, 2.75) is 19.0 Å². The van der Waals surface area contributed by atoms with Crippen molar-refractivity contribution in [1.82, 2.24) is 20.4 Å². The third kappa shape index (κ3) is 4.39. The van der Waals surface area contributed by atoms with Crippen LogP contribution < -0.4 is 10.6 Å². The number of halogens is 3. The molecule has 3 rings (SSSR count). The molecule has 0 radical (unpaired) electrons. The third-order valence-corrected chi connectivity index (χ3v) is 4.21. The number of amides is 1. The zero-order valence-corrected chi connectivity index (χ0v) is 13.5. The number of rotatable bonds is 4. The summed E-state index contributed by atoms with van der Waals surface area (Å²) < 4.78 is 39.7. The minimum atomic E-state index is -4.42. The van der Waals surface area contributed by atoms with Gasteiger partial charge in [0.2, 0.25) is 0 Å². The van der Waals surface area contributed by atoms with E-state index in [1.807, 2.05) is 0 Å². The largest absolute Gasteiger partial charge is 0.416 e. The van der Waals surface area contributed by atoms with Crippen molar-refractivity contribution in [2.24, 2.45) is 5.92 Å². The molecule has 1 aliphatic heterocycles. The number of piperidine rings is 1. The maximum atomic E-state index is 12.8. The molecule has 8 heteroatoms. The predicted molar refractivity (Wildman–Crippen MR) is 86.5 cm³/mol. The van der Waals surface area contributed by atoms with Crippen LogP contribution in [0.5, 0.6) is 0 Å². The Morgan fingerprint density at radius 2 is 2.20 bits per heavy atom. The molecule has 1 unspecified atom stereocenters. The average molecular weight is 352 g/mol. The van der Waals surface area contributed by atoms with Crippen LogP contribution in [0.1, 0.15) is 28.9 Å². The Balaban J connectivity index is 1.66. The summed E-state index contributed by atoms with van der Waals surface area (Å²) >= 11 is 0. The Hall–Kier alpha value is -2.35. The number of hydrogen-bond acceptors (Lipinski definition) is 3. The average Bonchev–Trinajstić information content (AvgIpc) is 3.10. The van der Waals surface area contributed by atoms with Crippen LogP contribution in [0, 0.1) is 5.92 Å². The Labute approximate surface area is 143 Å². The van der Waals surface area contributed by atoms with Crippen molar-refractivity contribution in [3.8, 4) is 5.69 Å². The van der Waals surface area contributed by atoms with Gasteiger partial charge in [0, 0.05) is 12.7 Å². The zero-order valence-electron chi connectivity index (χ0n) is 13.5. The molecule has 0 saturated carbocycles. The molecule has 2 N–H and O–H groups in total. The number of benzene rings is 1. The van der Waals surface area contributed by atoms with Crippen LogP contribution in [0.4, 0.5) is 13.2 Å². The van der Waals surface area contributed by atoms with E-state index in [0.29, 0.717) is 12.5 Å². The molecule has 0 aliphatic carbocycles. The van der Waals surface area contributed by atoms with Crippen molar-refractivity contribution in [2.75, 3.05) is 19.6 Å². The lowest BCUT2D eigenvalue weighted by Gasteiger charge is -2.22. The van der Waals surface area contributed by atoms with Gasteiger partial charge in [-0.1, -0.05) is 6.07 Å². The highest BCUT2D eigenvalue weighted by atomic mass is 19.4. The van der Waals surface area contributed by atoms with Gasteiger partial charge < -0.3 is 10.6 Å². The van der Waals surface area contributed by atoms with Crippen LogP contribution in [0.2, 0.25) is 0 Å². The van der Waals surface area contributed by atoms with Gasteiger partial charge in [-0.25, -0.2) is 4.68 Å². The van der Waals surface area contributed by atoms with E-state index in [-0.39, 0.29) is 17.3 Å². The molecule has 134 valence electrons. The molecule has 1 saturated heterocycles. The number of hydrogen-bond donors (Lipinski definition) is 2. The van der Waals surface area contributed by atoms with E-state index in [9.17, 15) is 18.0 Å². The highest BCUT2D eigenvalue weighted by Gasteiger charge is 2.30. The molecule has 2 aromatic rings. The summed E-state index contributed by atoms with van der Waals surface area (Å²) in [6, 6.07) is 6.32. The summed E-state index contributed by atoms with van der Waals surface area (Å²) in [5, 5.41) is 10.2. The topological polar surface area (TPSA) is 59.0 Å². The van der Waals surface area contributed by atoms with E-state index in [2.05, 4.69) is 15.7 Å². The highest BCUT2D eigenvalue weighted by molar-refractivity contribution is 5.92. The Morgan fingerprint density at radius 3 is 2.92 bits per heavy atom. The van der Waals surface area contributed by atoms with Gasteiger partial charge in [-0.05, 0) is 56.1 Å². The van der Waals surface area contributed by atoms with E-state index in [1.165, 1.54) is 29.1 Å². The molecule has 1 aromatic carbocycles. The maximum absolute atomic E-state index is 12.8. The minimum absolute atomic E-state index is 0.182. The molecule has 1 atom stereocenters. The van der Waals surface area contributed by atoms with Crippen LogP contribution in [0.25, 0.3) is 5.69 Å². The zero-order chi connectivity index (χ0) is 17.9. The molecule has 2 heterocycles. The highest BCUT2D eigenvalue weighted by Crippen LogP contribution is 2.30. The normalized spacial score (nSPS) is 18.1. The molecule has 5 nitrogen and oxygen atoms in total. The number of nitrogens with one attached hydrogen (secondary N) is 2. The standard InChI is InChI=1S/C17H19F3N4O/c18-17(19,20)13-4-1-5-14(9-13)24-8-6-15(23-24)16(25)22-11-12-3-2-7-21-10-12/h1,4-6,8-9,12,21H,2-3,7,10-11H2,(H,22,25). The predicted octanol–water partition coefficient (Wildman–Crippen LogP) is 2.62. The van der Waals surface area contributed by atoms with Crippen LogP contribution in [0.15, 0.2) is 36.5 Å². The fraction of sp³-hybridized carbons (Fsp3) is 0.412. The number of carbonyl (C=O) groups excluding carboxylic acids is 1.